The van der Waals surface area contributed by atoms with Gasteiger partial charge in [-0.25, -0.2) is 0 Å². The second-order valence-electron chi connectivity index (χ2n) is 3.07. The highest BCUT2D eigenvalue weighted by molar-refractivity contribution is 5.73. The quantitative estimate of drug-likeness (QED) is 0.673. The number of nitrogen functional groups attached to an aromatic ring is 1. The van der Waals surface area contributed by atoms with E-state index in [2.05, 4.69) is 0 Å². The van der Waals surface area contributed by atoms with Crippen LogP contribution in [-0.2, 0) is 0 Å². The van der Waals surface area contributed by atoms with Crippen molar-refractivity contribution in [2.24, 2.45) is 0 Å². The van der Waals surface area contributed by atoms with Gasteiger partial charge in [0.15, 0.2) is 0 Å². The molecule has 0 amide bonds. The van der Waals surface area contributed by atoms with Crippen molar-refractivity contribution in [1.82, 2.24) is 0 Å². The molecular weight excluding hydrogens is 162 g/mol. The molecule has 0 bridgehead atoms. The fraction of sp³-hybridized carbons (Fsp3) is 0.0909. The summed E-state index contributed by atoms with van der Waals surface area (Å²) in [6.07, 6.45) is 1.65. The van der Waals surface area contributed by atoms with Crippen LogP contribution in [0.4, 0.5) is 5.69 Å². The van der Waals surface area contributed by atoms with Crippen LogP contribution in [-0.4, -0.2) is 0 Å². The van der Waals surface area contributed by atoms with E-state index >= 15 is 0 Å². The third-order valence-electron chi connectivity index (χ3n) is 2.00. The molecule has 0 saturated carbocycles. The lowest BCUT2D eigenvalue weighted by Crippen LogP contribution is -1.89. The molecule has 0 aliphatic carbocycles. The first-order valence-electron chi connectivity index (χ1n) is 4.17. The number of rotatable bonds is 1. The van der Waals surface area contributed by atoms with E-state index in [0.29, 0.717) is 0 Å². The predicted octanol–water partition coefficient (Wildman–Crippen LogP) is 2.84. The fourth-order valence-electron chi connectivity index (χ4n) is 1.32. The van der Waals surface area contributed by atoms with Crippen molar-refractivity contribution in [2.45, 2.75) is 6.92 Å². The number of nitrogens with two attached hydrogens (primary N) is 1. The minimum atomic E-state index is 0.751. The molecule has 13 heavy (non-hydrogen) atoms. The van der Waals surface area contributed by atoms with Crippen LogP contribution in [0.25, 0.3) is 11.3 Å². The summed E-state index contributed by atoms with van der Waals surface area (Å²) in [5.74, 6) is 0.821. The first-order chi connectivity index (χ1) is 6.27. The number of benzene rings is 1. The number of furan rings is 1. The van der Waals surface area contributed by atoms with Gasteiger partial charge >= 0.3 is 0 Å². The predicted molar refractivity (Wildman–Crippen MR) is 53.3 cm³/mol. The van der Waals surface area contributed by atoms with E-state index in [1.54, 1.807) is 6.26 Å². The van der Waals surface area contributed by atoms with E-state index in [-0.39, 0.29) is 0 Å². The lowest BCUT2D eigenvalue weighted by atomic mass is 10.1. The van der Waals surface area contributed by atoms with Gasteiger partial charge in [-0.2, -0.15) is 0 Å². The smallest absolute Gasteiger partial charge is 0.135 e. The summed E-state index contributed by atoms with van der Waals surface area (Å²) in [6.45, 7) is 2.03. The minimum Gasteiger partial charge on any atom is -0.464 e. The lowest BCUT2D eigenvalue weighted by Gasteiger charge is -2.02. The number of hydrogen-bond acceptors (Lipinski definition) is 2. The second kappa shape index (κ2) is 2.98. The van der Waals surface area contributed by atoms with Gasteiger partial charge in [-0.3, -0.25) is 0 Å². The zero-order chi connectivity index (χ0) is 9.26. The Morgan fingerprint density at radius 1 is 1.23 bits per heavy atom. The molecule has 0 radical (unpaired) electrons. The van der Waals surface area contributed by atoms with E-state index in [4.69, 9.17) is 10.2 Å². The second-order valence-corrected chi connectivity index (χ2v) is 3.07. The summed E-state index contributed by atoms with van der Waals surface area (Å²) in [7, 11) is 0. The van der Waals surface area contributed by atoms with Crippen molar-refractivity contribution in [3.8, 4) is 11.3 Å². The first kappa shape index (κ1) is 7.92. The van der Waals surface area contributed by atoms with Gasteiger partial charge in [0.25, 0.3) is 0 Å². The molecule has 2 heteroatoms. The normalized spacial score (nSPS) is 10.2. The summed E-state index contributed by atoms with van der Waals surface area (Å²) in [5.41, 5.74) is 8.72. The molecular formula is C11H11NO. The summed E-state index contributed by atoms with van der Waals surface area (Å²) < 4.78 is 5.28. The molecule has 0 fully saturated rings. The SMILES string of the molecule is Cc1ccc(N)c(-c2ccco2)c1. The highest BCUT2D eigenvalue weighted by Crippen LogP contribution is 2.26. The Hall–Kier alpha value is -1.70. The number of aryl methyl sites for hydroxylation is 1. The van der Waals surface area contributed by atoms with Gasteiger partial charge in [-0.15, -0.1) is 0 Å². The standard InChI is InChI=1S/C11H11NO/c1-8-4-5-10(12)9(7-8)11-3-2-6-13-11/h2-7H,12H2,1H3. The topological polar surface area (TPSA) is 39.2 Å². The third-order valence-corrected chi connectivity index (χ3v) is 2.00. The van der Waals surface area contributed by atoms with Crippen molar-refractivity contribution < 1.29 is 4.42 Å². The van der Waals surface area contributed by atoms with Crippen molar-refractivity contribution in [2.75, 3.05) is 5.73 Å². The van der Waals surface area contributed by atoms with E-state index in [9.17, 15) is 0 Å². The van der Waals surface area contributed by atoms with Crippen LogP contribution in [0.2, 0.25) is 0 Å². The van der Waals surface area contributed by atoms with Crippen LogP contribution in [0, 0.1) is 6.92 Å². The molecule has 1 aromatic carbocycles. The van der Waals surface area contributed by atoms with Crippen molar-refractivity contribution in [1.29, 1.82) is 0 Å². The van der Waals surface area contributed by atoms with Crippen LogP contribution < -0.4 is 5.73 Å². The van der Waals surface area contributed by atoms with E-state index < -0.39 is 0 Å². The maximum atomic E-state index is 5.82. The molecule has 0 saturated heterocycles. The van der Waals surface area contributed by atoms with E-state index in [1.807, 2.05) is 37.3 Å². The van der Waals surface area contributed by atoms with Gasteiger partial charge in [-0.05, 0) is 31.2 Å². The number of hydrogen-bond donors (Lipinski definition) is 1. The molecule has 0 atom stereocenters. The van der Waals surface area contributed by atoms with E-state index in [0.717, 1.165) is 17.0 Å². The summed E-state index contributed by atoms with van der Waals surface area (Å²) in [6, 6.07) is 9.67. The fourth-order valence-corrected chi connectivity index (χ4v) is 1.32. The van der Waals surface area contributed by atoms with Gasteiger partial charge in [0.2, 0.25) is 0 Å². The van der Waals surface area contributed by atoms with Crippen LogP contribution in [0.15, 0.2) is 41.0 Å². The summed E-state index contributed by atoms with van der Waals surface area (Å²) >= 11 is 0. The Morgan fingerprint density at radius 3 is 2.77 bits per heavy atom. The Bertz CT molecular complexity index is 404. The third kappa shape index (κ3) is 1.43. The molecule has 0 aliphatic rings. The van der Waals surface area contributed by atoms with Gasteiger partial charge in [0.1, 0.15) is 5.76 Å². The van der Waals surface area contributed by atoms with Crippen LogP contribution in [0.1, 0.15) is 5.56 Å². The maximum Gasteiger partial charge on any atom is 0.135 e. The van der Waals surface area contributed by atoms with Gasteiger partial charge < -0.3 is 10.2 Å². The molecule has 0 aliphatic heterocycles. The summed E-state index contributed by atoms with van der Waals surface area (Å²) in [5, 5.41) is 0. The maximum absolute atomic E-state index is 5.82. The minimum absolute atomic E-state index is 0.751. The molecule has 0 unspecified atom stereocenters. The highest BCUT2D eigenvalue weighted by Gasteiger charge is 2.04. The Kier molecular flexibility index (Phi) is 1.81. The number of anilines is 1. The molecule has 2 rings (SSSR count). The zero-order valence-electron chi connectivity index (χ0n) is 7.45. The average molecular weight is 173 g/mol. The molecule has 2 aromatic rings. The average Bonchev–Trinajstić information content (AvgIpc) is 2.61. The van der Waals surface area contributed by atoms with Crippen LogP contribution >= 0.6 is 0 Å². The summed E-state index contributed by atoms with van der Waals surface area (Å²) in [4.78, 5) is 0. The highest BCUT2D eigenvalue weighted by atomic mass is 16.3. The van der Waals surface area contributed by atoms with Crippen LogP contribution in [0.3, 0.4) is 0 Å². The molecule has 2 nitrogen and oxygen atoms in total. The van der Waals surface area contributed by atoms with Gasteiger partial charge in [0.05, 0.1) is 6.26 Å². The molecule has 2 N–H and O–H groups in total. The van der Waals surface area contributed by atoms with Gasteiger partial charge in [0, 0.05) is 11.3 Å². The van der Waals surface area contributed by atoms with Gasteiger partial charge in [-0.1, -0.05) is 11.6 Å². The lowest BCUT2D eigenvalue weighted by molar-refractivity contribution is 0.582. The Labute approximate surface area is 77.0 Å². The molecule has 0 spiro atoms. The van der Waals surface area contributed by atoms with Crippen molar-refractivity contribution in [3.05, 3.63) is 42.2 Å². The van der Waals surface area contributed by atoms with E-state index in [1.165, 1.54) is 5.56 Å². The monoisotopic (exact) mass is 173 g/mol. The first-order valence-corrected chi connectivity index (χ1v) is 4.17. The largest absolute Gasteiger partial charge is 0.464 e. The van der Waals surface area contributed by atoms with Crippen molar-refractivity contribution in [3.63, 3.8) is 0 Å². The van der Waals surface area contributed by atoms with Crippen molar-refractivity contribution >= 4 is 5.69 Å². The Balaban J connectivity index is 2.57. The Morgan fingerprint density at radius 2 is 2.08 bits per heavy atom. The van der Waals surface area contributed by atoms with Crippen LogP contribution in [0.5, 0.6) is 0 Å². The zero-order valence-corrected chi connectivity index (χ0v) is 7.45. The molecule has 66 valence electrons. The molecule has 1 aromatic heterocycles. The molecule has 1 heterocycles.